The molecular formula is C16H28O2. The van der Waals surface area contributed by atoms with E-state index in [9.17, 15) is 0 Å². The van der Waals surface area contributed by atoms with Gasteiger partial charge in [-0.2, -0.15) is 0 Å². The van der Waals surface area contributed by atoms with E-state index in [1.54, 1.807) is 0 Å². The van der Waals surface area contributed by atoms with Crippen molar-refractivity contribution < 1.29 is 9.47 Å². The average molecular weight is 252 g/mol. The van der Waals surface area contributed by atoms with Gasteiger partial charge in [-0.25, -0.2) is 0 Å². The summed E-state index contributed by atoms with van der Waals surface area (Å²) in [5.74, 6) is 2.29. The molecule has 0 aromatic heterocycles. The van der Waals surface area contributed by atoms with E-state index in [1.807, 2.05) is 0 Å². The molecule has 2 aliphatic carbocycles. The Morgan fingerprint density at radius 1 is 1.00 bits per heavy atom. The minimum absolute atomic E-state index is 0.308. The van der Waals surface area contributed by atoms with Gasteiger partial charge in [0.15, 0.2) is 5.79 Å². The summed E-state index contributed by atoms with van der Waals surface area (Å²) in [4.78, 5) is 0. The van der Waals surface area contributed by atoms with Gasteiger partial charge in [0.2, 0.25) is 0 Å². The van der Waals surface area contributed by atoms with Crippen molar-refractivity contribution in [1.29, 1.82) is 0 Å². The van der Waals surface area contributed by atoms with Crippen molar-refractivity contribution in [2.24, 2.45) is 17.8 Å². The van der Waals surface area contributed by atoms with Gasteiger partial charge in [-0.1, -0.05) is 26.7 Å². The minimum Gasteiger partial charge on any atom is -0.344 e. The molecule has 4 unspecified atom stereocenters. The van der Waals surface area contributed by atoms with Crippen molar-refractivity contribution in [3.05, 3.63) is 0 Å². The van der Waals surface area contributed by atoms with Crippen LogP contribution >= 0.6 is 0 Å². The molecule has 3 fully saturated rings. The van der Waals surface area contributed by atoms with Gasteiger partial charge in [0.1, 0.15) is 0 Å². The summed E-state index contributed by atoms with van der Waals surface area (Å²) in [6.45, 7) is 6.63. The zero-order valence-corrected chi connectivity index (χ0v) is 12.2. The highest BCUT2D eigenvalue weighted by molar-refractivity contribution is 4.91. The van der Waals surface area contributed by atoms with E-state index in [1.165, 1.54) is 38.5 Å². The Hall–Kier alpha value is -0.0800. The van der Waals surface area contributed by atoms with Crippen molar-refractivity contribution in [3.8, 4) is 0 Å². The lowest BCUT2D eigenvalue weighted by Crippen LogP contribution is -2.31. The topological polar surface area (TPSA) is 18.5 Å². The molecule has 1 heterocycles. The van der Waals surface area contributed by atoms with E-state index in [0.29, 0.717) is 18.1 Å². The number of hydrogen-bond donors (Lipinski definition) is 0. The van der Waals surface area contributed by atoms with E-state index < -0.39 is 0 Å². The molecule has 2 nitrogen and oxygen atoms in total. The maximum Gasteiger partial charge on any atom is 0.166 e. The van der Waals surface area contributed by atoms with Crippen molar-refractivity contribution in [2.75, 3.05) is 0 Å². The second-order valence-corrected chi connectivity index (χ2v) is 7.40. The smallest absolute Gasteiger partial charge is 0.166 e. The van der Waals surface area contributed by atoms with Crippen molar-refractivity contribution in [2.45, 2.75) is 83.7 Å². The summed E-state index contributed by atoms with van der Waals surface area (Å²) < 4.78 is 12.5. The zero-order chi connectivity index (χ0) is 12.8. The molecular weight excluding hydrogens is 224 g/mol. The number of rotatable bonds is 4. The molecule has 1 saturated heterocycles. The normalized spacial score (nSPS) is 44.3. The van der Waals surface area contributed by atoms with Crippen LogP contribution in [0.15, 0.2) is 0 Å². The highest BCUT2D eigenvalue weighted by atomic mass is 16.8. The number of hydrogen-bond acceptors (Lipinski definition) is 2. The Morgan fingerprint density at radius 3 is 2.33 bits per heavy atom. The monoisotopic (exact) mass is 252 g/mol. The first kappa shape index (κ1) is 12.9. The SMILES string of the molecule is CC(C)CC1(C)OC2CCC(CC3CC3)CC2O1. The van der Waals surface area contributed by atoms with Crippen LogP contribution < -0.4 is 0 Å². The summed E-state index contributed by atoms with van der Waals surface area (Å²) in [7, 11) is 0. The summed E-state index contributed by atoms with van der Waals surface area (Å²) >= 11 is 0. The van der Waals surface area contributed by atoms with Gasteiger partial charge in [0.05, 0.1) is 12.2 Å². The maximum atomic E-state index is 6.27. The fraction of sp³-hybridized carbons (Fsp3) is 1.00. The maximum absolute atomic E-state index is 6.27. The Kier molecular flexibility index (Phi) is 3.44. The predicted molar refractivity (Wildman–Crippen MR) is 72.3 cm³/mol. The van der Waals surface area contributed by atoms with E-state index in [2.05, 4.69) is 20.8 Å². The average Bonchev–Trinajstić information content (AvgIpc) is 2.98. The van der Waals surface area contributed by atoms with Gasteiger partial charge in [-0.05, 0) is 50.4 Å². The second-order valence-electron chi connectivity index (χ2n) is 7.40. The molecule has 104 valence electrons. The lowest BCUT2D eigenvalue weighted by molar-refractivity contribution is -0.171. The number of ether oxygens (including phenoxy) is 2. The van der Waals surface area contributed by atoms with Gasteiger partial charge in [0, 0.05) is 6.42 Å². The first-order chi connectivity index (χ1) is 8.54. The first-order valence-corrected chi connectivity index (χ1v) is 7.90. The molecule has 1 aliphatic heterocycles. The molecule has 0 aromatic carbocycles. The molecule has 18 heavy (non-hydrogen) atoms. The van der Waals surface area contributed by atoms with Gasteiger partial charge in [0.25, 0.3) is 0 Å². The molecule has 3 rings (SSSR count). The molecule has 0 N–H and O–H groups in total. The molecule has 0 aromatic rings. The van der Waals surface area contributed by atoms with Crippen LogP contribution in [0.25, 0.3) is 0 Å². The van der Waals surface area contributed by atoms with Gasteiger partial charge < -0.3 is 9.47 Å². The van der Waals surface area contributed by atoms with Gasteiger partial charge >= 0.3 is 0 Å². The summed E-state index contributed by atoms with van der Waals surface area (Å²) in [5.41, 5.74) is 0. The van der Waals surface area contributed by atoms with Crippen LogP contribution in [-0.4, -0.2) is 18.0 Å². The third-order valence-electron chi connectivity index (χ3n) is 4.78. The second kappa shape index (κ2) is 4.79. The summed E-state index contributed by atoms with van der Waals surface area (Å²) in [5, 5.41) is 0. The Bertz CT molecular complexity index is 297. The van der Waals surface area contributed by atoms with Gasteiger partial charge in [-0.3, -0.25) is 0 Å². The highest BCUT2D eigenvalue weighted by Gasteiger charge is 2.47. The summed E-state index contributed by atoms with van der Waals surface area (Å²) in [6, 6.07) is 0. The Labute approximate surface area is 111 Å². The van der Waals surface area contributed by atoms with Crippen LogP contribution in [0.1, 0.15) is 65.7 Å². The fourth-order valence-electron chi connectivity index (χ4n) is 3.99. The molecule has 4 atom stereocenters. The van der Waals surface area contributed by atoms with Crippen LogP contribution in [0.5, 0.6) is 0 Å². The molecule has 0 amide bonds. The van der Waals surface area contributed by atoms with E-state index in [0.717, 1.165) is 18.3 Å². The largest absolute Gasteiger partial charge is 0.344 e. The fourth-order valence-corrected chi connectivity index (χ4v) is 3.99. The zero-order valence-electron chi connectivity index (χ0n) is 12.2. The van der Waals surface area contributed by atoms with E-state index in [4.69, 9.17) is 9.47 Å². The first-order valence-electron chi connectivity index (χ1n) is 7.90. The van der Waals surface area contributed by atoms with Crippen molar-refractivity contribution >= 4 is 0 Å². The Balaban J connectivity index is 1.56. The molecule has 2 heteroatoms. The van der Waals surface area contributed by atoms with Crippen LogP contribution in [0.3, 0.4) is 0 Å². The standard InChI is InChI=1S/C16H28O2/c1-11(2)10-16(3)17-14-7-6-13(8-12-4-5-12)9-15(14)18-16/h11-15H,4-10H2,1-3H3. The quantitative estimate of drug-likeness (QED) is 0.749. The van der Waals surface area contributed by atoms with Crippen molar-refractivity contribution in [3.63, 3.8) is 0 Å². The third-order valence-corrected chi connectivity index (χ3v) is 4.78. The summed E-state index contributed by atoms with van der Waals surface area (Å²) in [6.07, 6.45) is 10.0. The van der Waals surface area contributed by atoms with Gasteiger partial charge in [-0.15, -0.1) is 0 Å². The predicted octanol–water partition coefficient (Wildman–Crippen LogP) is 4.13. The molecule has 0 bridgehead atoms. The molecule has 0 spiro atoms. The minimum atomic E-state index is -0.308. The van der Waals surface area contributed by atoms with Crippen LogP contribution in [-0.2, 0) is 9.47 Å². The van der Waals surface area contributed by atoms with E-state index in [-0.39, 0.29) is 5.79 Å². The Morgan fingerprint density at radius 2 is 1.67 bits per heavy atom. The molecule has 3 aliphatic rings. The van der Waals surface area contributed by atoms with Crippen LogP contribution in [0, 0.1) is 17.8 Å². The number of fused-ring (bicyclic) bond motifs is 1. The lowest BCUT2D eigenvalue weighted by atomic mass is 9.82. The van der Waals surface area contributed by atoms with E-state index >= 15 is 0 Å². The molecule has 0 radical (unpaired) electrons. The molecule has 2 saturated carbocycles. The highest BCUT2D eigenvalue weighted by Crippen LogP contribution is 2.45. The van der Waals surface area contributed by atoms with Crippen LogP contribution in [0.2, 0.25) is 0 Å². The van der Waals surface area contributed by atoms with Crippen LogP contribution in [0.4, 0.5) is 0 Å². The van der Waals surface area contributed by atoms with Crippen molar-refractivity contribution in [1.82, 2.24) is 0 Å². The lowest BCUT2D eigenvalue weighted by Gasteiger charge is -2.29. The third kappa shape index (κ3) is 2.91.